The molecule has 7 heteroatoms. The first-order chi connectivity index (χ1) is 3.46. The van der Waals surface area contributed by atoms with E-state index in [1.54, 1.807) is 0 Å². The molecule has 0 aliphatic carbocycles. The van der Waals surface area contributed by atoms with E-state index in [9.17, 15) is 8.78 Å². The summed E-state index contributed by atoms with van der Waals surface area (Å²) in [5.41, 5.74) is 0. The second kappa shape index (κ2) is 10.3. The van der Waals surface area contributed by atoms with Crippen molar-refractivity contribution in [2.24, 2.45) is 0 Å². The molecule has 0 aromatic carbocycles. The van der Waals surface area contributed by atoms with E-state index in [1.165, 1.54) is 0 Å². The molecule has 59 valence electrons. The number of carboxylic acid groups (broad SMARTS) is 2. The van der Waals surface area contributed by atoms with Crippen molar-refractivity contribution >= 4 is 12.4 Å². The van der Waals surface area contributed by atoms with Crippen molar-refractivity contribution in [2.45, 2.75) is 0 Å². The van der Waals surface area contributed by atoms with Crippen molar-refractivity contribution in [3.05, 3.63) is 0 Å². The Morgan fingerprint density at radius 1 is 1.00 bits per heavy atom. The Morgan fingerprint density at radius 2 is 1.00 bits per heavy atom. The molecule has 0 bridgehead atoms. The van der Waals surface area contributed by atoms with E-state index in [0.717, 1.165) is 0 Å². The van der Waals surface area contributed by atoms with Crippen molar-refractivity contribution in [3.63, 3.8) is 0 Å². The minimum atomic E-state index is -2.33. The third-order valence-corrected chi connectivity index (χ3v) is 0. The Labute approximate surface area is 58.9 Å². The number of rotatable bonds is 0. The fourth-order valence-electron chi connectivity index (χ4n) is 0. The molecule has 0 spiro atoms. The van der Waals surface area contributed by atoms with E-state index in [1.807, 2.05) is 0 Å². The molecule has 0 saturated heterocycles. The fraction of sp³-hybridized carbons (Fsp3) is 0. The summed E-state index contributed by atoms with van der Waals surface area (Å²) < 4.78 is 19.8. The molecule has 0 rings (SSSR count). The zero-order chi connectivity index (χ0) is 7.15. The van der Waals surface area contributed by atoms with E-state index >= 15 is 0 Å². The first-order valence-electron chi connectivity index (χ1n) is 1.23. The van der Waals surface area contributed by atoms with Crippen LogP contribution in [0.15, 0.2) is 0 Å². The Kier molecular flexibility index (Phi) is 18.1. The number of hydrogen-bond donors (Lipinski definition) is 2. The van der Waals surface area contributed by atoms with Gasteiger partial charge >= 0.3 is 12.4 Å². The molecule has 1 radical (unpaired) electrons. The summed E-state index contributed by atoms with van der Waals surface area (Å²) in [6.07, 6.45) is -4.67. The number of halogens is 2. The summed E-state index contributed by atoms with van der Waals surface area (Å²) in [5, 5.41) is 13.5. The fourth-order valence-corrected chi connectivity index (χ4v) is 0. The quantitative estimate of drug-likeness (QED) is 0.447. The maximum absolute atomic E-state index is 9.92. The van der Waals surface area contributed by atoms with E-state index in [4.69, 9.17) is 19.8 Å². The molecule has 4 nitrogen and oxygen atoms in total. The van der Waals surface area contributed by atoms with Crippen LogP contribution in [0.1, 0.15) is 0 Å². The molecule has 0 aliphatic rings. The van der Waals surface area contributed by atoms with Crippen LogP contribution >= 0.6 is 0 Å². The third-order valence-electron chi connectivity index (χ3n) is 0. The third kappa shape index (κ3) is 447. The Bertz CT molecular complexity index is 74.6. The van der Waals surface area contributed by atoms with Gasteiger partial charge in [-0.3, -0.25) is 0 Å². The Hall–Kier alpha value is -0.681. The van der Waals surface area contributed by atoms with Gasteiger partial charge in [-0.2, -0.15) is 0 Å². The van der Waals surface area contributed by atoms with Crippen molar-refractivity contribution < 1.29 is 45.7 Å². The molecule has 0 amide bonds. The Balaban J connectivity index is -0.0000000720. The van der Waals surface area contributed by atoms with Gasteiger partial charge in [0.2, 0.25) is 0 Å². The summed E-state index contributed by atoms with van der Waals surface area (Å²) in [6.45, 7) is 0. The van der Waals surface area contributed by atoms with Crippen LogP contribution in [0.4, 0.5) is 18.4 Å². The van der Waals surface area contributed by atoms with Gasteiger partial charge in [0.05, 0.1) is 0 Å². The minimum Gasteiger partial charge on any atom is -0.456 e. The molecule has 0 atom stereocenters. The average Bonchev–Trinajstić information content (AvgIpc) is 1.25. The zero-order valence-corrected chi connectivity index (χ0v) is 4.71. The van der Waals surface area contributed by atoms with Gasteiger partial charge in [0.1, 0.15) is 0 Å². The maximum Gasteiger partial charge on any atom is 0.492 e. The van der Waals surface area contributed by atoms with E-state index in [2.05, 4.69) is 0 Å². The molecule has 0 aliphatic heterocycles. The molecule has 0 unspecified atom stereocenters. The van der Waals surface area contributed by atoms with Crippen LogP contribution in [0.25, 0.3) is 0 Å². The number of carbonyl (C=O) groups is 2. The van der Waals surface area contributed by atoms with E-state index in [-0.39, 0.29) is 17.1 Å². The molecule has 0 aromatic heterocycles. The molecule has 9 heavy (non-hydrogen) atoms. The van der Waals surface area contributed by atoms with Crippen LogP contribution in [-0.4, -0.2) is 22.7 Å². The summed E-state index contributed by atoms with van der Waals surface area (Å²) in [4.78, 5) is 16.7. The smallest absolute Gasteiger partial charge is 0.456 e. The van der Waals surface area contributed by atoms with Crippen LogP contribution in [0, 0.1) is 0 Å². The molecular formula is C2H2CuF2O4. The van der Waals surface area contributed by atoms with Gasteiger partial charge in [-0.05, 0) is 0 Å². The van der Waals surface area contributed by atoms with Crippen LogP contribution in [0.5, 0.6) is 0 Å². The molecule has 0 saturated carbocycles. The molecular weight excluding hydrogens is 190 g/mol. The topological polar surface area (TPSA) is 74.6 Å². The minimum absolute atomic E-state index is 0. The summed E-state index contributed by atoms with van der Waals surface area (Å²) in [7, 11) is 0. The van der Waals surface area contributed by atoms with Gasteiger partial charge in [0.25, 0.3) is 0 Å². The van der Waals surface area contributed by atoms with Gasteiger partial charge in [0, 0.05) is 17.1 Å². The summed E-state index contributed by atoms with van der Waals surface area (Å²) >= 11 is 0. The normalized spacial score (nSPS) is 5.56. The molecule has 2 N–H and O–H groups in total. The first kappa shape index (κ1) is 15.8. The Morgan fingerprint density at radius 3 is 1.00 bits per heavy atom. The van der Waals surface area contributed by atoms with Crippen LogP contribution < -0.4 is 0 Å². The van der Waals surface area contributed by atoms with Crippen molar-refractivity contribution in [1.82, 2.24) is 0 Å². The van der Waals surface area contributed by atoms with Crippen molar-refractivity contribution in [2.75, 3.05) is 0 Å². The van der Waals surface area contributed by atoms with E-state index < -0.39 is 12.4 Å². The van der Waals surface area contributed by atoms with Crippen LogP contribution in [0.3, 0.4) is 0 Å². The van der Waals surface area contributed by atoms with Gasteiger partial charge in [-0.25, -0.2) is 9.59 Å². The van der Waals surface area contributed by atoms with Crippen molar-refractivity contribution in [1.29, 1.82) is 0 Å². The largest absolute Gasteiger partial charge is 0.492 e. The summed E-state index contributed by atoms with van der Waals surface area (Å²) in [6, 6.07) is 0. The standard InChI is InChI=1S/2CHFO2.Cu/c2*2-1(3)4;/h2*(H,3,4);. The molecule has 0 heterocycles. The van der Waals surface area contributed by atoms with Crippen LogP contribution in [-0.2, 0) is 17.1 Å². The first-order valence-corrected chi connectivity index (χ1v) is 1.23. The van der Waals surface area contributed by atoms with E-state index in [0.29, 0.717) is 0 Å². The predicted octanol–water partition coefficient (Wildman–Crippen LogP) is 1.27. The summed E-state index contributed by atoms with van der Waals surface area (Å²) in [5.74, 6) is 0. The monoisotopic (exact) mass is 191 g/mol. The maximum atomic E-state index is 9.92. The average molecular weight is 192 g/mol. The van der Waals surface area contributed by atoms with Crippen molar-refractivity contribution in [3.8, 4) is 0 Å². The zero-order valence-electron chi connectivity index (χ0n) is 3.77. The van der Waals surface area contributed by atoms with Gasteiger partial charge in [0.15, 0.2) is 0 Å². The second-order valence-corrected chi connectivity index (χ2v) is 0.506. The van der Waals surface area contributed by atoms with Gasteiger partial charge in [-0.1, -0.05) is 0 Å². The molecule has 0 aromatic rings. The second-order valence-electron chi connectivity index (χ2n) is 0.506. The number of hydrogen-bond acceptors (Lipinski definition) is 2. The van der Waals surface area contributed by atoms with Gasteiger partial charge < -0.3 is 10.2 Å². The van der Waals surface area contributed by atoms with Crippen LogP contribution in [0.2, 0.25) is 0 Å². The van der Waals surface area contributed by atoms with Gasteiger partial charge in [-0.15, -0.1) is 8.78 Å². The predicted molar refractivity (Wildman–Crippen MR) is 18.3 cm³/mol. The molecule has 0 fully saturated rings. The SMILES string of the molecule is O=C(O)F.O=C(O)F.[Cu].